The van der Waals surface area contributed by atoms with Gasteiger partial charge >= 0.3 is 0 Å². The van der Waals surface area contributed by atoms with Crippen LogP contribution in [0.2, 0.25) is 18.1 Å². The molecular weight excluding hydrogens is 280 g/mol. The van der Waals surface area contributed by atoms with Gasteiger partial charge in [-0.3, -0.25) is 4.79 Å². The highest BCUT2D eigenvalue weighted by atomic mass is 28.4. The van der Waals surface area contributed by atoms with Crippen LogP contribution in [0, 0.1) is 0 Å². The minimum Gasteiger partial charge on any atom is -0.541 e. The molecule has 0 atom stereocenters. The number of carbonyl (C=O) groups is 1. The SMILES string of the molecule is COc1cc(/C=C/C(C)=O)ccc1O[Si](C)(C)C(C)(C)C. The first-order valence-corrected chi connectivity index (χ1v) is 10.0. The van der Waals surface area contributed by atoms with Gasteiger partial charge in [0.1, 0.15) is 5.75 Å². The molecule has 21 heavy (non-hydrogen) atoms. The van der Waals surface area contributed by atoms with E-state index in [4.69, 9.17) is 9.16 Å². The number of hydrogen-bond acceptors (Lipinski definition) is 3. The Kier molecular flexibility index (Phi) is 5.40. The molecule has 116 valence electrons. The van der Waals surface area contributed by atoms with E-state index < -0.39 is 8.32 Å². The standard InChI is InChI=1S/C17H26O3Si/c1-13(18)8-9-14-10-11-15(16(12-14)19-5)20-21(6,7)17(2,3)4/h8-12H,1-7H3/b9-8+. The van der Waals surface area contributed by atoms with Gasteiger partial charge in [-0.2, -0.15) is 0 Å². The fourth-order valence-electron chi connectivity index (χ4n) is 1.51. The summed E-state index contributed by atoms with van der Waals surface area (Å²) in [4.78, 5) is 11.0. The zero-order valence-electron chi connectivity index (χ0n) is 14.1. The van der Waals surface area contributed by atoms with Crippen molar-refractivity contribution in [2.75, 3.05) is 7.11 Å². The molecule has 1 aromatic rings. The number of hydrogen-bond donors (Lipinski definition) is 0. The Balaban J connectivity index is 3.07. The van der Waals surface area contributed by atoms with Crippen LogP contribution in [-0.4, -0.2) is 21.2 Å². The van der Waals surface area contributed by atoms with Crippen LogP contribution in [-0.2, 0) is 4.79 Å². The van der Waals surface area contributed by atoms with Crippen molar-refractivity contribution in [3.05, 3.63) is 29.8 Å². The third kappa shape index (κ3) is 4.74. The Bertz CT molecular complexity index is 539. The summed E-state index contributed by atoms with van der Waals surface area (Å²) in [5, 5.41) is 0.130. The van der Waals surface area contributed by atoms with Crippen LogP contribution in [0.4, 0.5) is 0 Å². The summed E-state index contributed by atoms with van der Waals surface area (Å²) in [5.41, 5.74) is 0.921. The zero-order chi connectivity index (χ0) is 16.3. The van der Waals surface area contributed by atoms with E-state index in [0.717, 1.165) is 11.3 Å². The van der Waals surface area contributed by atoms with Gasteiger partial charge in [0.15, 0.2) is 11.5 Å². The van der Waals surface area contributed by atoms with E-state index in [2.05, 4.69) is 33.9 Å². The van der Waals surface area contributed by atoms with Crippen LogP contribution in [0.15, 0.2) is 24.3 Å². The summed E-state index contributed by atoms with van der Waals surface area (Å²) < 4.78 is 11.7. The lowest BCUT2D eigenvalue weighted by molar-refractivity contribution is -0.112. The summed E-state index contributed by atoms with van der Waals surface area (Å²) in [6.45, 7) is 12.6. The van der Waals surface area contributed by atoms with Gasteiger partial charge in [-0.15, -0.1) is 0 Å². The number of methoxy groups -OCH3 is 1. The lowest BCUT2D eigenvalue weighted by Crippen LogP contribution is -2.43. The fraction of sp³-hybridized carbons (Fsp3) is 0.471. The molecule has 0 aliphatic heterocycles. The second-order valence-electron chi connectivity index (χ2n) is 6.72. The number of rotatable bonds is 5. The molecular formula is C17H26O3Si. The Morgan fingerprint density at radius 1 is 1.19 bits per heavy atom. The van der Waals surface area contributed by atoms with Gasteiger partial charge in [-0.25, -0.2) is 0 Å². The largest absolute Gasteiger partial charge is 0.541 e. The summed E-state index contributed by atoms with van der Waals surface area (Å²) >= 11 is 0. The molecule has 0 aliphatic rings. The molecule has 1 aromatic carbocycles. The molecule has 0 N–H and O–H groups in total. The van der Waals surface area contributed by atoms with E-state index in [1.165, 1.54) is 6.92 Å². The van der Waals surface area contributed by atoms with Gasteiger partial charge < -0.3 is 9.16 Å². The van der Waals surface area contributed by atoms with Crippen molar-refractivity contribution in [1.82, 2.24) is 0 Å². The Morgan fingerprint density at radius 3 is 2.29 bits per heavy atom. The minimum absolute atomic E-state index is 0.0237. The molecule has 0 radical (unpaired) electrons. The second kappa shape index (κ2) is 6.48. The molecule has 0 saturated heterocycles. The van der Waals surface area contributed by atoms with E-state index in [1.54, 1.807) is 19.3 Å². The molecule has 0 aromatic heterocycles. The molecule has 0 aliphatic carbocycles. The van der Waals surface area contributed by atoms with Crippen molar-refractivity contribution in [2.45, 2.75) is 45.8 Å². The van der Waals surface area contributed by atoms with Gasteiger partial charge in [0.05, 0.1) is 7.11 Å². The van der Waals surface area contributed by atoms with Crippen molar-refractivity contribution in [2.24, 2.45) is 0 Å². The Hall–Kier alpha value is -1.55. The predicted molar refractivity (Wildman–Crippen MR) is 90.5 cm³/mol. The maximum absolute atomic E-state index is 11.0. The third-order valence-corrected chi connectivity index (χ3v) is 8.21. The topological polar surface area (TPSA) is 35.5 Å². The van der Waals surface area contributed by atoms with E-state index in [1.807, 2.05) is 18.2 Å². The van der Waals surface area contributed by atoms with Gasteiger partial charge in [0, 0.05) is 0 Å². The zero-order valence-corrected chi connectivity index (χ0v) is 15.1. The van der Waals surface area contributed by atoms with Gasteiger partial charge in [0.25, 0.3) is 8.32 Å². The summed E-state index contributed by atoms with van der Waals surface area (Å²) in [6.07, 6.45) is 3.32. The van der Waals surface area contributed by atoms with E-state index >= 15 is 0 Å². The van der Waals surface area contributed by atoms with Crippen molar-refractivity contribution < 1.29 is 14.0 Å². The highest BCUT2D eigenvalue weighted by Gasteiger charge is 2.39. The number of carbonyl (C=O) groups excluding carboxylic acids is 1. The normalized spacial score (nSPS) is 12.5. The molecule has 0 spiro atoms. The molecule has 0 heterocycles. The molecule has 0 fully saturated rings. The molecule has 3 nitrogen and oxygen atoms in total. The monoisotopic (exact) mass is 306 g/mol. The molecule has 4 heteroatoms. The maximum atomic E-state index is 11.0. The molecule has 0 saturated carbocycles. The fourth-order valence-corrected chi connectivity index (χ4v) is 2.54. The van der Waals surface area contributed by atoms with Gasteiger partial charge in [0.2, 0.25) is 0 Å². The quantitative estimate of drug-likeness (QED) is 0.585. The lowest BCUT2D eigenvalue weighted by Gasteiger charge is -2.36. The summed E-state index contributed by atoms with van der Waals surface area (Å²) in [5.74, 6) is 1.49. The van der Waals surface area contributed by atoms with Gasteiger partial charge in [-0.1, -0.05) is 32.9 Å². The number of ketones is 1. The second-order valence-corrected chi connectivity index (χ2v) is 11.4. The van der Waals surface area contributed by atoms with E-state index in [9.17, 15) is 4.79 Å². The van der Waals surface area contributed by atoms with Crippen LogP contribution < -0.4 is 9.16 Å². The first-order valence-electron chi connectivity index (χ1n) is 7.12. The Morgan fingerprint density at radius 2 is 1.81 bits per heavy atom. The van der Waals surface area contributed by atoms with Crippen molar-refractivity contribution in [1.29, 1.82) is 0 Å². The molecule has 0 amide bonds. The first-order chi connectivity index (χ1) is 9.56. The lowest BCUT2D eigenvalue weighted by atomic mass is 10.2. The van der Waals surface area contributed by atoms with Crippen LogP contribution in [0.1, 0.15) is 33.3 Å². The van der Waals surface area contributed by atoms with Crippen molar-refractivity contribution in [3.63, 3.8) is 0 Å². The summed E-state index contributed by atoms with van der Waals surface area (Å²) in [7, 11) is -0.268. The third-order valence-electron chi connectivity index (χ3n) is 3.87. The van der Waals surface area contributed by atoms with Crippen LogP contribution in [0.25, 0.3) is 6.08 Å². The Labute approximate surface area is 129 Å². The van der Waals surface area contributed by atoms with E-state index in [0.29, 0.717) is 5.75 Å². The number of allylic oxidation sites excluding steroid dienone is 1. The average molecular weight is 306 g/mol. The molecule has 0 bridgehead atoms. The van der Waals surface area contributed by atoms with Crippen molar-refractivity contribution in [3.8, 4) is 11.5 Å². The summed E-state index contributed by atoms with van der Waals surface area (Å²) in [6, 6.07) is 5.74. The van der Waals surface area contributed by atoms with Crippen LogP contribution in [0.5, 0.6) is 11.5 Å². The number of benzene rings is 1. The highest BCUT2D eigenvalue weighted by molar-refractivity contribution is 6.74. The van der Waals surface area contributed by atoms with Gasteiger partial charge in [-0.05, 0) is 48.8 Å². The highest BCUT2D eigenvalue weighted by Crippen LogP contribution is 2.40. The first kappa shape index (κ1) is 17.5. The van der Waals surface area contributed by atoms with E-state index in [-0.39, 0.29) is 10.8 Å². The average Bonchev–Trinajstić information content (AvgIpc) is 2.35. The smallest absolute Gasteiger partial charge is 0.250 e. The van der Waals surface area contributed by atoms with Crippen LogP contribution in [0.3, 0.4) is 0 Å². The molecule has 0 unspecified atom stereocenters. The predicted octanol–water partition coefficient (Wildman–Crippen LogP) is 4.68. The number of ether oxygens (including phenoxy) is 1. The minimum atomic E-state index is -1.90. The maximum Gasteiger partial charge on any atom is 0.250 e. The van der Waals surface area contributed by atoms with Crippen LogP contribution >= 0.6 is 0 Å². The van der Waals surface area contributed by atoms with Crippen molar-refractivity contribution >= 4 is 20.2 Å². The molecule has 1 rings (SSSR count).